The van der Waals surface area contributed by atoms with Gasteiger partial charge in [0.2, 0.25) is 0 Å². The minimum atomic E-state index is -0.239. The second-order valence-electron chi connectivity index (χ2n) is 4.20. The SMILES string of the molecule is Fc1ccc(OC[C@@H]2CC[C@@H](CCI)O2)cc1. The summed E-state index contributed by atoms with van der Waals surface area (Å²) in [6.07, 6.45) is 3.89. The fourth-order valence-electron chi connectivity index (χ4n) is 1.96. The van der Waals surface area contributed by atoms with Crippen molar-refractivity contribution >= 4 is 22.6 Å². The van der Waals surface area contributed by atoms with Crippen LogP contribution in [0.15, 0.2) is 24.3 Å². The molecule has 1 aliphatic rings. The van der Waals surface area contributed by atoms with Crippen LogP contribution in [0.1, 0.15) is 19.3 Å². The van der Waals surface area contributed by atoms with Crippen molar-refractivity contribution < 1.29 is 13.9 Å². The minimum absolute atomic E-state index is 0.188. The van der Waals surface area contributed by atoms with Gasteiger partial charge in [-0.15, -0.1) is 0 Å². The number of ether oxygens (including phenoxy) is 2. The molecule has 0 N–H and O–H groups in total. The van der Waals surface area contributed by atoms with E-state index in [1.165, 1.54) is 12.1 Å². The van der Waals surface area contributed by atoms with E-state index in [9.17, 15) is 4.39 Å². The van der Waals surface area contributed by atoms with Crippen molar-refractivity contribution in [3.05, 3.63) is 30.1 Å². The maximum Gasteiger partial charge on any atom is 0.123 e. The zero-order valence-corrected chi connectivity index (χ0v) is 11.7. The molecule has 0 amide bonds. The van der Waals surface area contributed by atoms with Gasteiger partial charge in [-0.25, -0.2) is 4.39 Å². The average Bonchev–Trinajstić information content (AvgIpc) is 2.77. The molecule has 0 spiro atoms. The first-order chi connectivity index (χ1) is 8.28. The van der Waals surface area contributed by atoms with Gasteiger partial charge in [0.1, 0.15) is 18.2 Å². The maximum atomic E-state index is 12.7. The van der Waals surface area contributed by atoms with E-state index >= 15 is 0 Å². The molecule has 0 radical (unpaired) electrons. The molecule has 1 saturated heterocycles. The Bertz CT molecular complexity index is 342. The predicted octanol–water partition coefficient (Wildman–Crippen LogP) is 3.58. The highest BCUT2D eigenvalue weighted by Crippen LogP contribution is 2.23. The molecule has 2 atom stereocenters. The lowest BCUT2D eigenvalue weighted by molar-refractivity contribution is 0.0175. The lowest BCUT2D eigenvalue weighted by atomic mass is 10.2. The molecule has 0 unspecified atom stereocenters. The van der Waals surface area contributed by atoms with Gasteiger partial charge in [0.25, 0.3) is 0 Å². The van der Waals surface area contributed by atoms with Gasteiger partial charge in [0.15, 0.2) is 0 Å². The molecule has 1 aliphatic heterocycles. The maximum absolute atomic E-state index is 12.7. The van der Waals surface area contributed by atoms with E-state index in [1.54, 1.807) is 12.1 Å². The summed E-state index contributed by atoms with van der Waals surface area (Å²) in [7, 11) is 0. The molecule has 1 aromatic carbocycles. The Kier molecular flexibility index (Phi) is 5.03. The summed E-state index contributed by atoms with van der Waals surface area (Å²) in [5, 5.41) is 0. The molecular formula is C13H16FIO2. The van der Waals surface area contributed by atoms with Crippen molar-refractivity contribution in [3.63, 3.8) is 0 Å². The first kappa shape index (κ1) is 13.1. The van der Waals surface area contributed by atoms with Crippen molar-refractivity contribution in [1.82, 2.24) is 0 Å². The van der Waals surface area contributed by atoms with E-state index in [1.807, 2.05) is 0 Å². The van der Waals surface area contributed by atoms with Crippen LogP contribution in [0.5, 0.6) is 5.75 Å². The number of alkyl halides is 1. The Labute approximate surface area is 115 Å². The zero-order chi connectivity index (χ0) is 12.1. The summed E-state index contributed by atoms with van der Waals surface area (Å²) < 4.78 is 25.2. The van der Waals surface area contributed by atoms with E-state index in [0.29, 0.717) is 18.5 Å². The van der Waals surface area contributed by atoms with Crippen molar-refractivity contribution in [3.8, 4) is 5.75 Å². The lowest BCUT2D eigenvalue weighted by Crippen LogP contribution is -2.19. The van der Waals surface area contributed by atoms with E-state index in [0.717, 1.165) is 23.7 Å². The van der Waals surface area contributed by atoms with Gasteiger partial charge in [-0.05, 0) is 43.5 Å². The van der Waals surface area contributed by atoms with Crippen LogP contribution in [0.4, 0.5) is 4.39 Å². The van der Waals surface area contributed by atoms with Crippen LogP contribution in [-0.4, -0.2) is 23.2 Å². The van der Waals surface area contributed by atoms with E-state index in [2.05, 4.69) is 22.6 Å². The third kappa shape index (κ3) is 4.10. The minimum Gasteiger partial charge on any atom is -0.491 e. The van der Waals surface area contributed by atoms with Crippen LogP contribution in [0.25, 0.3) is 0 Å². The molecule has 17 heavy (non-hydrogen) atoms. The molecule has 1 heterocycles. The first-order valence-corrected chi connectivity index (χ1v) is 7.40. The first-order valence-electron chi connectivity index (χ1n) is 5.87. The Balaban J connectivity index is 1.74. The highest BCUT2D eigenvalue weighted by atomic mass is 127. The van der Waals surface area contributed by atoms with Crippen LogP contribution in [0.3, 0.4) is 0 Å². The third-order valence-corrected chi connectivity index (χ3v) is 3.50. The third-order valence-electron chi connectivity index (χ3n) is 2.88. The molecule has 2 nitrogen and oxygen atoms in total. The van der Waals surface area contributed by atoms with Crippen LogP contribution >= 0.6 is 22.6 Å². The summed E-state index contributed by atoms with van der Waals surface area (Å²) in [6.45, 7) is 0.559. The Morgan fingerprint density at radius 2 is 1.94 bits per heavy atom. The molecule has 0 aliphatic carbocycles. The fraction of sp³-hybridized carbons (Fsp3) is 0.538. The van der Waals surface area contributed by atoms with E-state index in [4.69, 9.17) is 9.47 Å². The molecule has 0 bridgehead atoms. The largest absolute Gasteiger partial charge is 0.491 e. The fourth-order valence-corrected chi connectivity index (χ4v) is 2.65. The molecule has 1 fully saturated rings. The lowest BCUT2D eigenvalue weighted by Gasteiger charge is -2.14. The predicted molar refractivity (Wildman–Crippen MR) is 73.3 cm³/mol. The van der Waals surface area contributed by atoms with E-state index < -0.39 is 0 Å². The Morgan fingerprint density at radius 3 is 2.65 bits per heavy atom. The summed E-state index contributed by atoms with van der Waals surface area (Å²) in [5.41, 5.74) is 0. The van der Waals surface area contributed by atoms with Gasteiger partial charge < -0.3 is 9.47 Å². The summed E-state index contributed by atoms with van der Waals surface area (Å²) >= 11 is 2.37. The van der Waals surface area contributed by atoms with Crippen molar-refractivity contribution in [1.29, 1.82) is 0 Å². The normalized spacial score (nSPS) is 23.9. The van der Waals surface area contributed by atoms with Gasteiger partial charge in [-0.1, -0.05) is 22.6 Å². The topological polar surface area (TPSA) is 18.5 Å². The monoisotopic (exact) mass is 350 g/mol. The highest BCUT2D eigenvalue weighted by Gasteiger charge is 2.24. The van der Waals surface area contributed by atoms with Gasteiger partial charge in [0.05, 0.1) is 12.2 Å². The average molecular weight is 350 g/mol. The number of benzene rings is 1. The van der Waals surface area contributed by atoms with Gasteiger partial charge in [-0.2, -0.15) is 0 Å². The number of halogens is 2. The van der Waals surface area contributed by atoms with Crippen molar-refractivity contribution in [2.24, 2.45) is 0 Å². The molecule has 2 rings (SSSR count). The quantitative estimate of drug-likeness (QED) is 0.597. The molecule has 1 aromatic rings. The second-order valence-corrected chi connectivity index (χ2v) is 5.28. The Morgan fingerprint density at radius 1 is 1.24 bits per heavy atom. The standard InChI is InChI=1S/C13H16FIO2/c14-10-1-3-11(4-2-10)16-9-13-6-5-12(17-13)7-8-15/h1-4,12-13H,5-9H2/t12-,13-/m0/s1. The summed E-state index contributed by atoms with van der Waals surface area (Å²) in [6, 6.07) is 6.10. The van der Waals surface area contributed by atoms with Crippen LogP contribution in [0, 0.1) is 5.82 Å². The van der Waals surface area contributed by atoms with Crippen molar-refractivity contribution in [2.45, 2.75) is 31.5 Å². The zero-order valence-electron chi connectivity index (χ0n) is 9.57. The van der Waals surface area contributed by atoms with Crippen molar-refractivity contribution in [2.75, 3.05) is 11.0 Å². The van der Waals surface area contributed by atoms with Crippen LogP contribution in [-0.2, 0) is 4.74 Å². The van der Waals surface area contributed by atoms with Gasteiger partial charge >= 0.3 is 0 Å². The highest BCUT2D eigenvalue weighted by molar-refractivity contribution is 14.1. The molecular weight excluding hydrogens is 334 g/mol. The van der Waals surface area contributed by atoms with Gasteiger partial charge in [-0.3, -0.25) is 0 Å². The molecule has 4 heteroatoms. The molecule has 0 aromatic heterocycles. The Hall–Kier alpha value is -0.360. The number of hydrogen-bond acceptors (Lipinski definition) is 2. The second kappa shape index (κ2) is 6.54. The number of rotatable bonds is 5. The smallest absolute Gasteiger partial charge is 0.123 e. The molecule has 94 valence electrons. The van der Waals surface area contributed by atoms with Crippen LogP contribution in [0.2, 0.25) is 0 Å². The number of hydrogen-bond donors (Lipinski definition) is 0. The molecule has 0 saturated carbocycles. The van der Waals surface area contributed by atoms with E-state index in [-0.39, 0.29) is 11.9 Å². The van der Waals surface area contributed by atoms with Crippen LogP contribution < -0.4 is 4.74 Å². The van der Waals surface area contributed by atoms with Gasteiger partial charge in [0, 0.05) is 4.43 Å². The summed E-state index contributed by atoms with van der Waals surface area (Å²) in [5.74, 6) is 0.462. The summed E-state index contributed by atoms with van der Waals surface area (Å²) in [4.78, 5) is 0.